The van der Waals surface area contributed by atoms with Gasteiger partial charge >= 0.3 is 5.97 Å². The minimum atomic E-state index is -0.767. The number of H-pyrrole nitrogens is 2. The zero-order valence-electron chi connectivity index (χ0n) is 23.5. The van der Waals surface area contributed by atoms with Gasteiger partial charge < -0.3 is 15.1 Å². The molecule has 6 rings (SSSR count). The van der Waals surface area contributed by atoms with Crippen molar-refractivity contribution in [1.29, 1.82) is 0 Å². The summed E-state index contributed by atoms with van der Waals surface area (Å²) in [6, 6.07) is 6.54. The summed E-state index contributed by atoms with van der Waals surface area (Å²) in [5, 5.41) is 9.50. The van der Waals surface area contributed by atoms with Crippen LogP contribution in [0.2, 0.25) is 0 Å². The number of carbonyl (C=O) groups is 1. The number of hydrogen-bond acceptors (Lipinski definition) is 3. The minimum absolute atomic E-state index is 0.0495. The standard InChI is InChI=1S/C33H36N4O2/c1-7-20-16(3)25-13-27-19(6)23(11-12-31(38)39)33(36-27)24-10-9-22-18(5)28(37-32(22)24)15-30-21(8-2)17(4)26(35-30)14-29(20)34-25/h7,13-15,19,23,34-35H,1,8-12H2,2-6H3,(H,38,39)/t19-,23?/m0/s1. The van der Waals surface area contributed by atoms with E-state index in [2.05, 4.69) is 69.4 Å². The maximum Gasteiger partial charge on any atom is 0.303 e. The fourth-order valence-electron chi connectivity index (χ4n) is 6.81. The Hall–Kier alpha value is -3.93. The third-order valence-electron chi connectivity index (χ3n) is 9.15. The lowest BCUT2D eigenvalue weighted by Crippen LogP contribution is -2.07. The smallest absolute Gasteiger partial charge is 0.303 e. The van der Waals surface area contributed by atoms with Gasteiger partial charge in [-0.05, 0) is 92.5 Å². The van der Waals surface area contributed by atoms with Crippen LogP contribution in [0, 0.1) is 13.8 Å². The van der Waals surface area contributed by atoms with Crippen molar-refractivity contribution in [2.75, 3.05) is 0 Å². The van der Waals surface area contributed by atoms with Gasteiger partial charge in [-0.1, -0.05) is 26.5 Å². The summed E-state index contributed by atoms with van der Waals surface area (Å²) in [5.74, 6) is -0.610. The van der Waals surface area contributed by atoms with Crippen molar-refractivity contribution in [3.8, 4) is 0 Å². The molecular weight excluding hydrogens is 484 g/mol. The number of fused-ring (bicyclic) bond motifs is 8. The minimum Gasteiger partial charge on any atom is -0.481 e. The molecule has 2 atom stereocenters. The number of carboxylic acids is 1. The number of aliphatic carboxylic acids is 1. The molecule has 2 aliphatic heterocycles. The molecule has 3 aromatic heterocycles. The summed E-state index contributed by atoms with van der Waals surface area (Å²) in [7, 11) is 0. The van der Waals surface area contributed by atoms with Gasteiger partial charge in [0.2, 0.25) is 0 Å². The van der Waals surface area contributed by atoms with Gasteiger partial charge in [0.25, 0.3) is 0 Å². The van der Waals surface area contributed by atoms with E-state index in [0.717, 1.165) is 75.2 Å². The monoisotopic (exact) mass is 520 g/mol. The molecule has 0 spiro atoms. The van der Waals surface area contributed by atoms with Gasteiger partial charge in [0.05, 0.1) is 11.4 Å². The summed E-state index contributed by atoms with van der Waals surface area (Å²) in [4.78, 5) is 29.3. The van der Waals surface area contributed by atoms with Crippen molar-refractivity contribution >= 4 is 45.3 Å². The maximum atomic E-state index is 11.6. The summed E-state index contributed by atoms with van der Waals surface area (Å²) in [6.07, 6.45) is 5.37. The van der Waals surface area contributed by atoms with E-state index in [1.165, 1.54) is 27.8 Å². The largest absolute Gasteiger partial charge is 0.481 e. The molecule has 6 heteroatoms. The summed E-state index contributed by atoms with van der Waals surface area (Å²) in [5.41, 5.74) is 16.8. The van der Waals surface area contributed by atoms with Gasteiger partial charge in [0.1, 0.15) is 0 Å². The summed E-state index contributed by atoms with van der Waals surface area (Å²) >= 11 is 0. The van der Waals surface area contributed by atoms with Crippen molar-refractivity contribution in [3.63, 3.8) is 0 Å². The zero-order chi connectivity index (χ0) is 27.6. The Kier molecular flexibility index (Phi) is 6.09. The molecule has 0 fully saturated rings. The lowest BCUT2D eigenvalue weighted by Gasteiger charge is -2.16. The van der Waals surface area contributed by atoms with E-state index in [1.807, 2.05) is 6.08 Å². The SMILES string of the molecule is C=Cc1c(C)c2cc3nc(c4c5nc(cc6[nH]c(cc1[nH]2)c(C)c6CC)C(C)=C5CC4)C(CCC(=O)O)[C@@H]3C. The number of hydrogen-bond donors (Lipinski definition) is 3. The fourth-order valence-corrected chi connectivity index (χ4v) is 6.81. The first-order chi connectivity index (χ1) is 18.7. The molecule has 6 nitrogen and oxygen atoms in total. The maximum absolute atomic E-state index is 11.6. The van der Waals surface area contributed by atoms with Crippen LogP contribution in [0.1, 0.15) is 102 Å². The van der Waals surface area contributed by atoms with E-state index < -0.39 is 5.97 Å². The van der Waals surface area contributed by atoms with Gasteiger partial charge in [0.15, 0.2) is 0 Å². The molecule has 1 aliphatic carbocycles. The van der Waals surface area contributed by atoms with Gasteiger partial charge in [-0.15, -0.1) is 0 Å². The molecule has 5 heterocycles. The lowest BCUT2D eigenvalue weighted by atomic mass is 9.85. The van der Waals surface area contributed by atoms with Crippen LogP contribution in [0.15, 0.2) is 24.8 Å². The fraction of sp³-hybridized carbons (Fsp3) is 0.364. The Labute approximate surface area is 228 Å². The number of aromatic amines is 2. The number of nitrogens with zero attached hydrogens (tertiary/aromatic N) is 2. The van der Waals surface area contributed by atoms with Gasteiger partial charge in [-0.2, -0.15) is 0 Å². The Morgan fingerprint density at radius 1 is 1.05 bits per heavy atom. The zero-order valence-corrected chi connectivity index (χ0v) is 23.5. The molecule has 3 aliphatic rings. The number of allylic oxidation sites excluding steroid dienone is 2. The Balaban J connectivity index is 1.76. The first-order valence-corrected chi connectivity index (χ1v) is 14.0. The molecule has 8 bridgehead atoms. The van der Waals surface area contributed by atoms with Crippen LogP contribution in [0.3, 0.4) is 0 Å². The summed E-state index contributed by atoms with van der Waals surface area (Å²) in [6.45, 7) is 15.0. The van der Waals surface area contributed by atoms with Crippen molar-refractivity contribution in [2.24, 2.45) is 0 Å². The van der Waals surface area contributed by atoms with Crippen LogP contribution in [-0.4, -0.2) is 31.0 Å². The van der Waals surface area contributed by atoms with Crippen LogP contribution in [0.5, 0.6) is 0 Å². The average molecular weight is 521 g/mol. The Morgan fingerprint density at radius 3 is 2.51 bits per heavy atom. The molecule has 0 saturated carbocycles. The molecule has 1 unspecified atom stereocenters. The molecular formula is C33H36N4O2. The van der Waals surface area contributed by atoms with Gasteiger partial charge in [0, 0.05) is 62.8 Å². The van der Waals surface area contributed by atoms with Crippen LogP contribution in [-0.2, 0) is 17.6 Å². The predicted molar refractivity (Wildman–Crippen MR) is 159 cm³/mol. The lowest BCUT2D eigenvalue weighted by molar-refractivity contribution is -0.137. The van der Waals surface area contributed by atoms with Crippen LogP contribution < -0.4 is 0 Å². The summed E-state index contributed by atoms with van der Waals surface area (Å²) < 4.78 is 0. The highest BCUT2D eigenvalue weighted by atomic mass is 16.4. The number of rotatable bonds is 5. The molecule has 0 saturated heterocycles. The third-order valence-corrected chi connectivity index (χ3v) is 9.15. The molecule has 3 N–H and O–H groups in total. The predicted octanol–water partition coefficient (Wildman–Crippen LogP) is 7.77. The Morgan fingerprint density at radius 2 is 1.79 bits per heavy atom. The third kappa shape index (κ3) is 3.96. The normalized spacial score (nSPS) is 18.2. The molecule has 0 aromatic carbocycles. The van der Waals surface area contributed by atoms with E-state index in [1.54, 1.807) is 0 Å². The van der Waals surface area contributed by atoms with Crippen LogP contribution >= 0.6 is 0 Å². The van der Waals surface area contributed by atoms with Crippen LogP contribution in [0.25, 0.3) is 39.3 Å². The topological polar surface area (TPSA) is 94.7 Å². The van der Waals surface area contributed by atoms with E-state index >= 15 is 0 Å². The second-order valence-corrected chi connectivity index (χ2v) is 11.2. The Bertz CT molecular complexity index is 1750. The van der Waals surface area contributed by atoms with E-state index in [-0.39, 0.29) is 18.3 Å². The molecule has 3 aromatic rings. The second kappa shape index (κ2) is 9.37. The molecule has 200 valence electrons. The quantitative estimate of drug-likeness (QED) is 0.320. The number of carboxylic acid groups (broad SMARTS) is 1. The highest BCUT2D eigenvalue weighted by Crippen LogP contribution is 2.47. The van der Waals surface area contributed by atoms with Crippen LogP contribution in [0.4, 0.5) is 0 Å². The molecule has 39 heavy (non-hydrogen) atoms. The van der Waals surface area contributed by atoms with Crippen molar-refractivity contribution in [2.45, 2.75) is 78.6 Å². The van der Waals surface area contributed by atoms with Crippen molar-refractivity contribution in [3.05, 3.63) is 75.4 Å². The van der Waals surface area contributed by atoms with E-state index in [0.29, 0.717) is 6.42 Å². The highest BCUT2D eigenvalue weighted by Gasteiger charge is 2.35. The first-order valence-electron chi connectivity index (χ1n) is 14.0. The molecule has 0 radical (unpaired) electrons. The van der Waals surface area contributed by atoms with Gasteiger partial charge in [-0.25, -0.2) is 4.98 Å². The molecule has 0 amide bonds. The van der Waals surface area contributed by atoms with Crippen molar-refractivity contribution in [1.82, 2.24) is 19.9 Å². The van der Waals surface area contributed by atoms with E-state index in [9.17, 15) is 9.90 Å². The number of nitrogens with one attached hydrogen (secondary N) is 2. The average Bonchev–Trinajstić information content (AvgIpc) is 3.66. The number of aryl methyl sites for hydroxylation is 3. The van der Waals surface area contributed by atoms with Gasteiger partial charge in [-0.3, -0.25) is 9.78 Å². The van der Waals surface area contributed by atoms with E-state index in [4.69, 9.17) is 9.97 Å². The number of aromatic nitrogens is 4. The van der Waals surface area contributed by atoms with Crippen molar-refractivity contribution < 1.29 is 9.90 Å². The second-order valence-electron chi connectivity index (χ2n) is 11.2. The first kappa shape index (κ1) is 25.4. The highest BCUT2D eigenvalue weighted by molar-refractivity contribution is 5.95.